The van der Waals surface area contributed by atoms with Crippen LogP contribution >= 0.6 is 0 Å². The number of halogens is 2. The third-order valence-electron chi connectivity index (χ3n) is 3.70. The smallest absolute Gasteiger partial charge is 0.337 e. The van der Waals surface area contributed by atoms with Gasteiger partial charge in [-0.25, -0.2) is 4.79 Å². The summed E-state index contributed by atoms with van der Waals surface area (Å²) in [4.78, 5) is 25.7. The summed E-state index contributed by atoms with van der Waals surface area (Å²) in [5.41, 5.74) is -0.654. The lowest BCUT2D eigenvalue weighted by molar-refractivity contribution is 0.0187. The van der Waals surface area contributed by atoms with Crippen LogP contribution in [0.1, 0.15) is 45.4 Å². The minimum absolute atomic E-state index is 0.0138. The highest BCUT2D eigenvalue weighted by atomic mass is 19.3. The zero-order valence-corrected chi connectivity index (χ0v) is 14.2. The predicted octanol–water partition coefficient (Wildman–Crippen LogP) is 3.69. The molecule has 0 saturated heterocycles. The quantitative estimate of drug-likeness (QED) is 0.745. The summed E-state index contributed by atoms with van der Waals surface area (Å²) in [6.07, 6.45) is 1.85. The van der Waals surface area contributed by atoms with Crippen LogP contribution in [0.5, 0.6) is 0 Å². The summed E-state index contributed by atoms with van der Waals surface area (Å²) in [6.45, 7) is 2.36. The second kappa shape index (κ2) is 7.46. The van der Waals surface area contributed by atoms with E-state index >= 15 is 0 Å². The van der Waals surface area contributed by atoms with Gasteiger partial charge in [0.25, 0.3) is 5.91 Å². The van der Waals surface area contributed by atoms with Crippen molar-refractivity contribution in [3.63, 3.8) is 0 Å². The van der Waals surface area contributed by atoms with Crippen molar-refractivity contribution in [3.8, 4) is 0 Å². The Labute approximate surface area is 144 Å². The lowest BCUT2D eigenvalue weighted by Gasteiger charge is -2.19. The number of benzene rings is 1. The summed E-state index contributed by atoms with van der Waals surface area (Å²) in [6, 6.07) is 5.81. The molecule has 134 valence electrons. The Balaban J connectivity index is 2.55. The van der Waals surface area contributed by atoms with E-state index in [4.69, 9.17) is 4.42 Å². The van der Waals surface area contributed by atoms with Crippen LogP contribution in [0.3, 0.4) is 0 Å². The average Bonchev–Trinajstić information content (AvgIpc) is 3.15. The van der Waals surface area contributed by atoms with Crippen molar-refractivity contribution in [2.75, 3.05) is 20.7 Å². The van der Waals surface area contributed by atoms with Crippen molar-refractivity contribution in [1.82, 2.24) is 4.90 Å². The van der Waals surface area contributed by atoms with Crippen molar-refractivity contribution in [1.29, 1.82) is 0 Å². The fraction of sp³-hybridized carbons (Fsp3) is 0.333. The lowest BCUT2D eigenvalue weighted by atomic mass is 9.99. The maximum Gasteiger partial charge on any atom is 0.337 e. The van der Waals surface area contributed by atoms with Crippen LogP contribution in [0.2, 0.25) is 0 Å². The Morgan fingerprint density at radius 1 is 1.24 bits per heavy atom. The van der Waals surface area contributed by atoms with Gasteiger partial charge in [0.15, 0.2) is 5.76 Å². The molecule has 0 N–H and O–H groups in total. The minimum atomic E-state index is -3.49. The number of alkyl halides is 2. The molecule has 1 aromatic heterocycles. The maximum absolute atomic E-state index is 14.7. The van der Waals surface area contributed by atoms with Gasteiger partial charge >= 0.3 is 11.9 Å². The van der Waals surface area contributed by atoms with Crippen LogP contribution in [0.4, 0.5) is 8.78 Å². The average molecular weight is 351 g/mol. The van der Waals surface area contributed by atoms with Gasteiger partial charge in [-0.3, -0.25) is 4.79 Å². The Morgan fingerprint density at radius 2 is 1.92 bits per heavy atom. The normalized spacial score (nSPS) is 11.2. The molecule has 0 fully saturated rings. The highest BCUT2D eigenvalue weighted by Gasteiger charge is 2.38. The number of nitrogens with zero attached hydrogens (tertiary/aromatic N) is 1. The number of methoxy groups -OCH3 is 1. The Kier molecular flexibility index (Phi) is 5.56. The molecule has 0 saturated carbocycles. The van der Waals surface area contributed by atoms with Gasteiger partial charge in [-0.15, -0.1) is 0 Å². The molecule has 25 heavy (non-hydrogen) atoms. The molecule has 7 heteroatoms. The molecule has 5 nitrogen and oxygen atoms in total. The first-order chi connectivity index (χ1) is 11.8. The molecule has 2 rings (SSSR count). The molecular weight excluding hydrogens is 332 g/mol. The van der Waals surface area contributed by atoms with Crippen LogP contribution in [0.15, 0.2) is 41.0 Å². The van der Waals surface area contributed by atoms with Crippen molar-refractivity contribution in [3.05, 3.63) is 59.0 Å². The third kappa shape index (κ3) is 3.87. The number of hydrogen-bond acceptors (Lipinski definition) is 4. The third-order valence-corrected chi connectivity index (χ3v) is 3.70. The van der Waals surface area contributed by atoms with Crippen LogP contribution in [-0.2, 0) is 10.7 Å². The van der Waals surface area contributed by atoms with Gasteiger partial charge in [0.05, 0.1) is 18.9 Å². The van der Waals surface area contributed by atoms with Crippen LogP contribution in [0, 0.1) is 0 Å². The largest absolute Gasteiger partial charge is 0.465 e. The van der Waals surface area contributed by atoms with Crippen molar-refractivity contribution in [2.45, 2.75) is 19.3 Å². The molecule has 0 spiro atoms. The lowest BCUT2D eigenvalue weighted by Crippen LogP contribution is -2.28. The van der Waals surface area contributed by atoms with Crippen LogP contribution < -0.4 is 0 Å². The molecular formula is C18H19F2NO4. The number of hydrogen-bond donors (Lipinski definition) is 0. The van der Waals surface area contributed by atoms with Gasteiger partial charge in [-0.2, -0.15) is 8.78 Å². The topological polar surface area (TPSA) is 59.8 Å². The number of furan rings is 1. The molecule has 2 aromatic rings. The van der Waals surface area contributed by atoms with Gasteiger partial charge < -0.3 is 14.1 Å². The van der Waals surface area contributed by atoms with Crippen LogP contribution in [-0.4, -0.2) is 37.5 Å². The first-order valence-electron chi connectivity index (χ1n) is 7.72. The standard InChI is InChI=1S/C18H19F2NO4/c1-4-7-21(2)16(22)12-9-13(17(23)24-3)11-14(10-12)18(19,20)15-6-5-8-25-15/h5-6,8-11H,4,7H2,1-3H3. The molecule has 0 radical (unpaired) electrons. The highest BCUT2D eigenvalue weighted by molar-refractivity contribution is 5.98. The predicted molar refractivity (Wildman–Crippen MR) is 86.7 cm³/mol. The van der Waals surface area contributed by atoms with E-state index in [2.05, 4.69) is 4.74 Å². The maximum atomic E-state index is 14.7. The number of ether oxygens (including phenoxy) is 1. The monoisotopic (exact) mass is 351 g/mol. The summed E-state index contributed by atoms with van der Waals surface area (Å²) in [5.74, 6) is -5.32. The Hall–Kier alpha value is -2.70. The second-order valence-corrected chi connectivity index (χ2v) is 5.57. The van der Waals surface area contributed by atoms with E-state index in [0.717, 1.165) is 31.6 Å². The van der Waals surface area contributed by atoms with E-state index in [9.17, 15) is 18.4 Å². The first-order valence-corrected chi connectivity index (χ1v) is 7.72. The summed E-state index contributed by atoms with van der Waals surface area (Å²) in [5, 5.41) is 0. The van der Waals surface area contributed by atoms with Gasteiger partial charge in [-0.05, 0) is 36.8 Å². The van der Waals surface area contributed by atoms with Crippen LogP contribution in [0.25, 0.3) is 0 Å². The van der Waals surface area contributed by atoms with E-state index in [-0.39, 0.29) is 11.1 Å². The molecule has 0 aliphatic carbocycles. The fourth-order valence-corrected chi connectivity index (χ4v) is 2.42. The molecule has 0 bridgehead atoms. The number of carbonyl (C=O) groups is 2. The molecule has 0 aliphatic rings. The molecule has 1 amide bonds. The summed E-state index contributed by atoms with van der Waals surface area (Å²) in [7, 11) is 2.71. The number of esters is 1. The number of amides is 1. The molecule has 1 heterocycles. The Bertz CT molecular complexity index is 756. The molecule has 1 aromatic carbocycles. The second-order valence-electron chi connectivity index (χ2n) is 5.57. The molecule has 0 unspecified atom stereocenters. The van der Waals surface area contributed by atoms with Crippen molar-refractivity contribution in [2.24, 2.45) is 0 Å². The Morgan fingerprint density at radius 3 is 2.48 bits per heavy atom. The summed E-state index contributed by atoms with van der Waals surface area (Å²) < 4.78 is 38.8. The SMILES string of the molecule is CCCN(C)C(=O)c1cc(C(=O)OC)cc(C(F)(F)c2ccco2)c1. The van der Waals surface area contributed by atoms with Gasteiger partial charge in [0.1, 0.15) is 0 Å². The van der Waals surface area contributed by atoms with Crippen molar-refractivity contribution < 1.29 is 27.5 Å². The van der Waals surface area contributed by atoms with E-state index < -0.39 is 29.1 Å². The zero-order valence-electron chi connectivity index (χ0n) is 14.2. The highest BCUT2D eigenvalue weighted by Crippen LogP contribution is 2.37. The molecule has 0 atom stereocenters. The fourth-order valence-electron chi connectivity index (χ4n) is 2.42. The van der Waals surface area contributed by atoms with E-state index in [1.54, 1.807) is 7.05 Å². The number of rotatable bonds is 6. The van der Waals surface area contributed by atoms with Gasteiger partial charge in [0.2, 0.25) is 0 Å². The van der Waals surface area contributed by atoms with Gasteiger partial charge in [-0.1, -0.05) is 6.92 Å². The van der Waals surface area contributed by atoms with Gasteiger partial charge in [0, 0.05) is 24.7 Å². The number of carbonyl (C=O) groups excluding carboxylic acids is 2. The summed E-state index contributed by atoms with van der Waals surface area (Å²) >= 11 is 0. The molecule has 0 aliphatic heterocycles. The van der Waals surface area contributed by atoms with E-state index in [0.29, 0.717) is 13.0 Å². The van der Waals surface area contributed by atoms with E-state index in [1.807, 2.05) is 6.92 Å². The zero-order chi connectivity index (χ0) is 18.6. The van der Waals surface area contributed by atoms with Crippen molar-refractivity contribution >= 4 is 11.9 Å². The first kappa shape index (κ1) is 18.6. The van der Waals surface area contributed by atoms with E-state index in [1.165, 1.54) is 17.0 Å². The minimum Gasteiger partial charge on any atom is -0.465 e.